The van der Waals surface area contributed by atoms with Crippen molar-refractivity contribution in [1.82, 2.24) is 4.98 Å². The van der Waals surface area contributed by atoms with Gasteiger partial charge in [-0.2, -0.15) is 0 Å². The molecule has 2 aromatic carbocycles. The Morgan fingerprint density at radius 1 is 1.00 bits per heavy atom. The van der Waals surface area contributed by atoms with Gasteiger partial charge in [0.05, 0.1) is 6.10 Å². The van der Waals surface area contributed by atoms with E-state index in [0.717, 1.165) is 33.7 Å². The van der Waals surface area contributed by atoms with Crippen LogP contribution in [0, 0.1) is 20.8 Å². The number of aryl methyl sites for hydroxylation is 3. The highest BCUT2D eigenvalue weighted by molar-refractivity contribution is 5.91. The molecule has 23 heavy (non-hydrogen) atoms. The van der Waals surface area contributed by atoms with E-state index in [2.05, 4.69) is 24.0 Å². The first kappa shape index (κ1) is 15.5. The van der Waals surface area contributed by atoms with Crippen LogP contribution in [0.25, 0.3) is 22.2 Å². The highest BCUT2D eigenvalue weighted by atomic mass is 16.5. The summed E-state index contributed by atoms with van der Waals surface area (Å²) >= 11 is 0. The monoisotopic (exact) mass is 309 g/mol. The van der Waals surface area contributed by atoms with Crippen LogP contribution < -0.4 is 4.74 Å². The number of phenols is 1. The molecule has 3 nitrogen and oxygen atoms in total. The number of phenolic OH excluding ortho intramolecular Hbond substituents is 1. The summed E-state index contributed by atoms with van der Waals surface area (Å²) < 4.78 is 5.80. The van der Waals surface area contributed by atoms with E-state index in [1.165, 1.54) is 10.9 Å². The van der Waals surface area contributed by atoms with E-state index >= 15 is 0 Å². The summed E-state index contributed by atoms with van der Waals surface area (Å²) in [6.07, 6.45) is 0.161. The van der Waals surface area contributed by atoms with Gasteiger partial charge in [-0.15, -0.1) is 0 Å². The molecule has 3 aromatic rings. The highest BCUT2D eigenvalue weighted by Gasteiger charge is 2.13. The Morgan fingerprint density at radius 2 is 1.65 bits per heavy atom. The molecule has 0 aliphatic heterocycles. The van der Waals surface area contributed by atoms with Crippen LogP contribution >= 0.6 is 0 Å². The first-order chi connectivity index (χ1) is 10.9. The van der Waals surface area contributed by atoms with Crippen LogP contribution in [0.5, 0.6) is 11.5 Å². The predicted octanol–water partition coefficient (Wildman–Crippen LogP) is 5.25. The molecule has 2 N–H and O–H groups in total. The van der Waals surface area contributed by atoms with Gasteiger partial charge >= 0.3 is 0 Å². The molecule has 120 valence electrons. The minimum absolute atomic E-state index is 0.161. The van der Waals surface area contributed by atoms with Crippen molar-refractivity contribution in [3.05, 3.63) is 47.0 Å². The minimum atomic E-state index is 0.161. The summed E-state index contributed by atoms with van der Waals surface area (Å²) in [6.45, 7) is 10.0. The van der Waals surface area contributed by atoms with Crippen molar-refractivity contribution < 1.29 is 9.84 Å². The summed E-state index contributed by atoms with van der Waals surface area (Å²) in [4.78, 5) is 3.50. The summed E-state index contributed by atoms with van der Waals surface area (Å²) in [6, 6.07) is 10.2. The molecule has 3 rings (SSSR count). The SMILES string of the molecule is Cc1cc(-c2[nH]c3ccc(OC(C)C)cc3c2C)cc(C)c1O. The van der Waals surface area contributed by atoms with Crippen molar-refractivity contribution in [3.8, 4) is 22.8 Å². The van der Waals surface area contributed by atoms with E-state index < -0.39 is 0 Å². The maximum absolute atomic E-state index is 9.98. The van der Waals surface area contributed by atoms with E-state index in [1.807, 2.05) is 45.9 Å². The lowest BCUT2D eigenvalue weighted by Gasteiger charge is -2.09. The molecule has 3 heteroatoms. The van der Waals surface area contributed by atoms with Crippen LogP contribution in [0.2, 0.25) is 0 Å². The van der Waals surface area contributed by atoms with Crippen molar-refractivity contribution in [2.24, 2.45) is 0 Å². The van der Waals surface area contributed by atoms with Gasteiger partial charge in [0, 0.05) is 16.6 Å². The summed E-state index contributed by atoms with van der Waals surface area (Å²) in [5.74, 6) is 1.26. The van der Waals surface area contributed by atoms with E-state index in [9.17, 15) is 5.11 Å². The molecule has 0 aliphatic carbocycles. The second-order valence-electron chi connectivity index (χ2n) is 6.46. The first-order valence-electron chi connectivity index (χ1n) is 7.96. The van der Waals surface area contributed by atoms with Crippen LogP contribution in [0.4, 0.5) is 0 Å². The van der Waals surface area contributed by atoms with Crippen LogP contribution in [-0.4, -0.2) is 16.2 Å². The minimum Gasteiger partial charge on any atom is -0.507 e. The Kier molecular flexibility index (Phi) is 3.80. The van der Waals surface area contributed by atoms with Crippen LogP contribution in [-0.2, 0) is 0 Å². The van der Waals surface area contributed by atoms with Gasteiger partial charge in [-0.3, -0.25) is 0 Å². The Balaban J connectivity index is 2.14. The maximum atomic E-state index is 9.98. The molecule has 0 aliphatic rings. The summed E-state index contributed by atoms with van der Waals surface area (Å²) in [5, 5.41) is 11.1. The number of aromatic nitrogens is 1. The average molecular weight is 309 g/mol. The highest BCUT2D eigenvalue weighted by Crippen LogP contribution is 2.35. The Hall–Kier alpha value is -2.42. The molecule has 0 saturated carbocycles. The zero-order valence-corrected chi connectivity index (χ0v) is 14.3. The standard InChI is InChI=1S/C20H23NO2/c1-11(2)23-16-6-7-18-17(10-16)14(5)19(21-18)15-8-12(3)20(22)13(4)9-15/h6-11,21-22H,1-5H3. The number of rotatable bonds is 3. The lowest BCUT2D eigenvalue weighted by atomic mass is 10.0. The third-order valence-electron chi connectivity index (χ3n) is 4.18. The van der Waals surface area contributed by atoms with E-state index in [0.29, 0.717) is 5.75 Å². The fourth-order valence-corrected chi connectivity index (χ4v) is 3.04. The molecule has 0 radical (unpaired) electrons. The molecule has 0 fully saturated rings. The molecule has 0 atom stereocenters. The smallest absolute Gasteiger partial charge is 0.121 e. The molecular formula is C20H23NO2. The number of nitrogens with one attached hydrogen (secondary N) is 1. The number of ether oxygens (including phenoxy) is 1. The zero-order valence-electron chi connectivity index (χ0n) is 14.3. The number of aromatic hydroxyl groups is 1. The lowest BCUT2D eigenvalue weighted by molar-refractivity contribution is 0.243. The fourth-order valence-electron chi connectivity index (χ4n) is 3.04. The number of benzene rings is 2. The van der Waals surface area contributed by atoms with Crippen molar-refractivity contribution in [2.45, 2.75) is 40.7 Å². The van der Waals surface area contributed by atoms with Gasteiger partial charge in [0.1, 0.15) is 11.5 Å². The van der Waals surface area contributed by atoms with Gasteiger partial charge in [-0.05, 0) is 87.2 Å². The zero-order chi connectivity index (χ0) is 16.7. The van der Waals surface area contributed by atoms with Crippen molar-refractivity contribution in [3.63, 3.8) is 0 Å². The average Bonchev–Trinajstić information content (AvgIpc) is 2.81. The number of H-pyrrole nitrogens is 1. The van der Waals surface area contributed by atoms with Gasteiger partial charge in [-0.1, -0.05) is 0 Å². The third kappa shape index (κ3) is 2.79. The van der Waals surface area contributed by atoms with Crippen LogP contribution in [0.15, 0.2) is 30.3 Å². The molecule has 0 saturated heterocycles. The summed E-state index contributed by atoms with van der Waals surface area (Å²) in [5.41, 5.74) is 6.25. The second kappa shape index (κ2) is 5.65. The van der Waals surface area contributed by atoms with Gasteiger partial charge < -0.3 is 14.8 Å². The second-order valence-corrected chi connectivity index (χ2v) is 6.46. The van der Waals surface area contributed by atoms with Gasteiger partial charge in [0.2, 0.25) is 0 Å². The largest absolute Gasteiger partial charge is 0.507 e. The third-order valence-corrected chi connectivity index (χ3v) is 4.18. The van der Waals surface area contributed by atoms with Gasteiger partial charge in [0.25, 0.3) is 0 Å². The van der Waals surface area contributed by atoms with Crippen molar-refractivity contribution in [2.75, 3.05) is 0 Å². The quantitative estimate of drug-likeness (QED) is 0.693. The molecule has 0 spiro atoms. The Labute approximate surface area is 136 Å². The van der Waals surface area contributed by atoms with E-state index in [4.69, 9.17) is 4.74 Å². The number of hydrogen-bond acceptors (Lipinski definition) is 2. The fraction of sp³-hybridized carbons (Fsp3) is 0.300. The number of fused-ring (bicyclic) bond motifs is 1. The van der Waals surface area contributed by atoms with Crippen LogP contribution in [0.1, 0.15) is 30.5 Å². The van der Waals surface area contributed by atoms with E-state index in [1.54, 1.807) is 0 Å². The van der Waals surface area contributed by atoms with Crippen molar-refractivity contribution >= 4 is 10.9 Å². The van der Waals surface area contributed by atoms with E-state index in [-0.39, 0.29) is 6.10 Å². The molecule has 1 aromatic heterocycles. The van der Waals surface area contributed by atoms with Gasteiger partial charge in [0.15, 0.2) is 0 Å². The predicted molar refractivity (Wildman–Crippen MR) is 95.4 cm³/mol. The molecule has 0 unspecified atom stereocenters. The number of aromatic amines is 1. The normalized spacial score (nSPS) is 11.4. The maximum Gasteiger partial charge on any atom is 0.121 e. The first-order valence-corrected chi connectivity index (χ1v) is 7.96. The molecule has 0 bridgehead atoms. The topological polar surface area (TPSA) is 45.2 Å². The Morgan fingerprint density at radius 3 is 2.26 bits per heavy atom. The van der Waals surface area contributed by atoms with Crippen LogP contribution in [0.3, 0.4) is 0 Å². The summed E-state index contributed by atoms with van der Waals surface area (Å²) in [7, 11) is 0. The molecule has 0 amide bonds. The van der Waals surface area contributed by atoms with Gasteiger partial charge in [-0.25, -0.2) is 0 Å². The van der Waals surface area contributed by atoms with Crippen molar-refractivity contribution in [1.29, 1.82) is 0 Å². The Bertz CT molecular complexity index is 852. The number of hydrogen-bond donors (Lipinski definition) is 2. The molecular weight excluding hydrogens is 286 g/mol. The lowest BCUT2D eigenvalue weighted by Crippen LogP contribution is -2.05. The molecule has 1 heterocycles.